The van der Waals surface area contributed by atoms with E-state index < -0.39 is 29.5 Å². The van der Waals surface area contributed by atoms with Gasteiger partial charge in [0.25, 0.3) is 11.8 Å². The topological polar surface area (TPSA) is 116 Å². The molecule has 14 heteroatoms. The van der Waals surface area contributed by atoms with Gasteiger partial charge in [0.15, 0.2) is 23.0 Å². The largest absolute Gasteiger partial charge is 0.385 e. The highest BCUT2D eigenvalue weighted by molar-refractivity contribution is 5.94. The number of hydrogen-bond acceptors (Lipinski definition) is 9. The Hall–Kier alpha value is -4.30. The minimum Gasteiger partial charge on any atom is -0.385 e. The van der Waals surface area contributed by atoms with Crippen LogP contribution in [0.25, 0.3) is 17.0 Å². The van der Waals surface area contributed by atoms with Gasteiger partial charge in [-0.2, -0.15) is 0 Å². The van der Waals surface area contributed by atoms with Crippen molar-refractivity contribution in [2.75, 3.05) is 50.0 Å². The van der Waals surface area contributed by atoms with Crippen LogP contribution in [0.2, 0.25) is 0 Å². The van der Waals surface area contributed by atoms with E-state index in [-0.39, 0.29) is 12.2 Å². The number of likely N-dealkylation sites (tertiary alicyclic amines) is 1. The van der Waals surface area contributed by atoms with Crippen LogP contribution in [0.3, 0.4) is 0 Å². The highest BCUT2D eigenvalue weighted by Crippen LogP contribution is 2.50. The molecule has 0 bridgehead atoms. The van der Waals surface area contributed by atoms with Crippen molar-refractivity contribution in [2.45, 2.75) is 56.8 Å². The number of imidazole rings is 1. The average molecular weight is 647 g/mol. The number of halogens is 3. The van der Waals surface area contributed by atoms with Gasteiger partial charge in [0, 0.05) is 67.2 Å². The first-order chi connectivity index (χ1) is 22.7. The number of piperidine rings is 2. The molecule has 3 fully saturated rings. The highest BCUT2D eigenvalue weighted by Gasteiger charge is 2.56. The molecule has 1 aromatic carbocycles. The van der Waals surface area contributed by atoms with Crippen molar-refractivity contribution in [2.24, 2.45) is 5.41 Å². The van der Waals surface area contributed by atoms with Crippen LogP contribution >= 0.6 is 0 Å². The molecule has 3 aromatic heterocycles. The lowest BCUT2D eigenvalue weighted by atomic mass is 9.69. The molecule has 246 valence electrons. The Bertz CT molecular complexity index is 1820. The molecule has 3 N–H and O–H groups in total. The molecule has 0 radical (unpaired) electrons. The number of carbonyl (C=O) groups is 1. The smallest absolute Gasteiger partial charge is 0.271 e. The summed E-state index contributed by atoms with van der Waals surface area (Å²) >= 11 is 0. The van der Waals surface area contributed by atoms with Gasteiger partial charge < -0.3 is 20.9 Å². The first-order valence-corrected chi connectivity index (χ1v) is 16.3. The Kier molecular flexibility index (Phi) is 7.32. The first-order valence-electron chi connectivity index (χ1n) is 16.3. The number of anilines is 3. The summed E-state index contributed by atoms with van der Waals surface area (Å²) in [5.74, 6) is -1.94. The van der Waals surface area contributed by atoms with Crippen LogP contribution in [0.5, 0.6) is 0 Å². The summed E-state index contributed by atoms with van der Waals surface area (Å²) < 4.78 is 45.6. The zero-order valence-corrected chi connectivity index (χ0v) is 26.1. The lowest BCUT2D eigenvalue weighted by Gasteiger charge is -2.49. The molecular weight excluding hydrogens is 609 g/mol. The van der Waals surface area contributed by atoms with Gasteiger partial charge in [-0.05, 0) is 56.9 Å². The molecule has 8 rings (SSSR count). The first kappa shape index (κ1) is 30.1. The van der Waals surface area contributed by atoms with Gasteiger partial charge in [-0.3, -0.25) is 9.69 Å². The molecule has 2 atom stereocenters. The third kappa shape index (κ3) is 5.27. The summed E-state index contributed by atoms with van der Waals surface area (Å²) in [5, 5.41) is 13.9. The van der Waals surface area contributed by atoms with Crippen LogP contribution < -0.4 is 20.9 Å². The van der Waals surface area contributed by atoms with Crippen molar-refractivity contribution in [3.63, 3.8) is 0 Å². The van der Waals surface area contributed by atoms with Crippen molar-refractivity contribution < 1.29 is 18.0 Å². The Balaban J connectivity index is 1.02. The van der Waals surface area contributed by atoms with E-state index in [1.165, 1.54) is 10.7 Å². The van der Waals surface area contributed by atoms with Crippen LogP contribution in [-0.2, 0) is 13.0 Å². The summed E-state index contributed by atoms with van der Waals surface area (Å²) in [6, 6.07) is 7.39. The number of nitrogens with zero attached hydrogens (tertiary/aromatic N) is 7. The van der Waals surface area contributed by atoms with Crippen LogP contribution in [0.4, 0.5) is 30.4 Å². The number of benzene rings is 1. The Morgan fingerprint density at radius 1 is 1.09 bits per heavy atom. The lowest BCUT2D eigenvalue weighted by Crippen LogP contribution is -2.58. The van der Waals surface area contributed by atoms with Crippen LogP contribution in [-0.4, -0.2) is 93.3 Å². The molecule has 47 heavy (non-hydrogen) atoms. The molecule has 1 amide bonds. The number of rotatable bonds is 7. The lowest BCUT2D eigenvalue weighted by molar-refractivity contribution is -0.181. The van der Waals surface area contributed by atoms with E-state index >= 15 is 8.78 Å². The van der Waals surface area contributed by atoms with E-state index in [4.69, 9.17) is 5.10 Å². The third-order valence-electron chi connectivity index (χ3n) is 10.3. The van der Waals surface area contributed by atoms with Gasteiger partial charge in [0.2, 0.25) is 0 Å². The fourth-order valence-corrected chi connectivity index (χ4v) is 7.44. The maximum absolute atomic E-state index is 15.3. The van der Waals surface area contributed by atoms with Gasteiger partial charge in [-0.1, -0.05) is 12.1 Å². The molecule has 1 aliphatic carbocycles. The minimum atomic E-state index is -2.72. The van der Waals surface area contributed by atoms with Gasteiger partial charge in [0.05, 0.1) is 24.5 Å². The van der Waals surface area contributed by atoms with Crippen molar-refractivity contribution in [3.8, 4) is 11.4 Å². The molecule has 3 aliphatic heterocycles. The predicted octanol–water partition coefficient (Wildman–Crippen LogP) is 3.97. The second kappa shape index (κ2) is 11.4. The number of nitrogens with one attached hydrogen (secondary N) is 3. The predicted molar refractivity (Wildman–Crippen MR) is 171 cm³/mol. The average Bonchev–Trinajstić information content (AvgIpc) is 3.42. The highest BCUT2D eigenvalue weighted by atomic mass is 19.3. The number of hydrogen-bond donors (Lipinski definition) is 3. The molecule has 4 aromatic rings. The van der Waals surface area contributed by atoms with Crippen LogP contribution in [0.1, 0.15) is 47.3 Å². The van der Waals surface area contributed by atoms with Gasteiger partial charge in [-0.15, -0.1) is 5.10 Å². The molecule has 6 heterocycles. The molecule has 1 saturated carbocycles. The molecular formula is C33H37F3N10O. The summed E-state index contributed by atoms with van der Waals surface area (Å²) in [5.41, 5.74) is 4.27. The number of amides is 1. The number of carbonyl (C=O) groups excluding carboxylic acids is 1. The molecule has 11 nitrogen and oxygen atoms in total. The SMILES string of the molecule is CNc1cc(N2CCc3c(-c4ncc(CN5CCC6(CCNCC6)C(F)(F)C5)cn4)cccc32)nn2c(C(=O)N[C@@H]3C[C@@H]3F)cnc12. The normalized spacial score (nSPS) is 23.2. The van der Waals surface area contributed by atoms with Gasteiger partial charge in [0.1, 0.15) is 6.17 Å². The van der Waals surface area contributed by atoms with Gasteiger partial charge >= 0.3 is 0 Å². The van der Waals surface area contributed by atoms with E-state index in [0.29, 0.717) is 81.4 Å². The van der Waals surface area contributed by atoms with Crippen LogP contribution in [0.15, 0.2) is 42.9 Å². The zero-order chi connectivity index (χ0) is 32.3. The van der Waals surface area contributed by atoms with Crippen LogP contribution in [0, 0.1) is 5.41 Å². The van der Waals surface area contributed by atoms with E-state index in [2.05, 4.69) is 35.8 Å². The minimum absolute atomic E-state index is 0.234. The van der Waals surface area contributed by atoms with E-state index in [1.54, 1.807) is 19.4 Å². The maximum atomic E-state index is 15.3. The Labute approximate surface area is 270 Å². The summed E-state index contributed by atoms with van der Waals surface area (Å²) in [6.07, 6.45) is 6.52. The second-order valence-electron chi connectivity index (χ2n) is 13.2. The standard InChI is InChI=1S/C33H37F3N10O/c1-37-25-14-28(43-46-27(17-41-30(25)46)31(47)42-24-13-23(24)34)45-11-5-21-22(3-2-4-26(21)45)29-39-15-20(16-40-29)18-44-12-8-32(33(35,36)19-44)6-9-38-10-7-32/h2-4,14-17,23-24,37-38H,5-13,18-19H2,1H3,(H,42,47)/t23-,24+/m0/s1. The fourth-order valence-electron chi connectivity index (χ4n) is 7.44. The maximum Gasteiger partial charge on any atom is 0.271 e. The number of aromatic nitrogens is 5. The Morgan fingerprint density at radius 2 is 1.87 bits per heavy atom. The molecule has 4 aliphatic rings. The molecule has 2 saturated heterocycles. The van der Waals surface area contributed by atoms with Crippen molar-refractivity contribution in [1.82, 2.24) is 40.1 Å². The van der Waals surface area contributed by atoms with E-state index in [1.807, 2.05) is 29.2 Å². The van der Waals surface area contributed by atoms with Crippen molar-refractivity contribution in [1.29, 1.82) is 0 Å². The van der Waals surface area contributed by atoms with Gasteiger partial charge in [-0.25, -0.2) is 32.6 Å². The van der Waals surface area contributed by atoms with Crippen molar-refractivity contribution in [3.05, 3.63) is 59.7 Å². The quantitative estimate of drug-likeness (QED) is 0.274. The molecule has 1 spiro atoms. The Morgan fingerprint density at radius 3 is 2.60 bits per heavy atom. The summed E-state index contributed by atoms with van der Waals surface area (Å²) in [6.45, 7) is 2.74. The van der Waals surface area contributed by atoms with E-state index in [9.17, 15) is 9.18 Å². The van der Waals surface area contributed by atoms with E-state index in [0.717, 1.165) is 28.8 Å². The van der Waals surface area contributed by atoms with Crippen molar-refractivity contribution >= 4 is 28.7 Å². The monoisotopic (exact) mass is 646 g/mol. The second-order valence-corrected chi connectivity index (χ2v) is 13.2. The number of fused-ring (bicyclic) bond motifs is 2. The zero-order valence-electron chi connectivity index (χ0n) is 26.1. The number of alkyl halides is 3. The third-order valence-corrected chi connectivity index (χ3v) is 10.3. The molecule has 0 unspecified atom stereocenters. The fraction of sp³-hybridized carbons (Fsp3) is 0.485. The summed E-state index contributed by atoms with van der Waals surface area (Å²) in [4.78, 5) is 30.6. The summed E-state index contributed by atoms with van der Waals surface area (Å²) in [7, 11) is 1.78.